The molecule has 0 saturated heterocycles. The predicted octanol–water partition coefficient (Wildman–Crippen LogP) is 3.84. The third kappa shape index (κ3) is 9.38. The maximum Gasteiger partial charge on any atom is 0.308 e. The summed E-state index contributed by atoms with van der Waals surface area (Å²) in [5.74, 6) is -2.34. The first-order valence-corrected chi connectivity index (χ1v) is 12.2. The Bertz CT molecular complexity index is 938. The number of aliphatic carboxylic acids is 1. The molecule has 184 valence electrons. The molecule has 0 aliphatic rings. The lowest BCUT2D eigenvalue weighted by atomic mass is 9.94. The molecule has 2 unspecified atom stereocenters. The van der Waals surface area contributed by atoms with Crippen LogP contribution in [0.1, 0.15) is 64.0 Å². The fourth-order valence-electron chi connectivity index (χ4n) is 3.92. The second kappa shape index (κ2) is 14.2. The summed E-state index contributed by atoms with van der Waals surface area (Å²) in [5, 5.41) is 13.6. The summed E-state index contributed by atoms with van der Waals surface area (Å²) in [6.07, 6.45) is 3.84. The lowest BCUT2D eigenvalue weighted by Crippen LogP contribution is -2.39. The molecule has 0 aliphatic heterocycles. The number of aryl methyl sites for hydroxylation is 1. The van der Waals surface area contributed by atoms with Gasteiger partial charge in [-0.1, -0.05) is 68.8 Å². The molecule has 0 fully saturated rings. The first-order chi connectivity index (χ1) is 16.3. The minimum atomic E-state index is -1.26. The molecule has 6 nitrogen and oxygen atoms in total. The lowest BCUT2D eigenvalue weighted by Gasteiger charge is -2.22. The van der Waals surface area contributed by atoms with Crippen molar-refractivity contribution in [1.82, 2.24) is 5.32 Å². The van der Waals surface area contributed by atoms with E-state index in [4.69, 9.17) is 4.74 Å². The quantitative estimate of drug-likeness (QED) is 0.427. The van der Waals surface area contributed by atoms with Gasteiger partial charge < -0.3 is 20.0 Å². The number of carbonyl (C=O) groups is 3. The van der Waals surface area contributed by atoms with Crippen LogP contribution < -0.4 is 10.4 Å². The van der Waals surface area contributed by atoms with Gasteiger partial charge in [0.2, 0.25) is 5.91 Å². The Hall–Kier alpha value is -3.15. The van der Waals surface area contributed by atoms with Crippen molar-refractivity contribution in [1.29, 1.82) is 0 Å². The summed E-state index contributed by atoms with van der Waals surface area (Å²) in [6, 6.07) is 16.5. The topological polar surface area (TPSA) is 95.5 Å². The van der Waals surface area contributed by atoms with Crippen LogP contribution in [0.2, 0.25) is 0 Å². The standard InChI is InChI=1S/C28H37NO5/c1-4-6-8-21-9-7-10-24(18-21)23-13-11-22(12-14-23)19-25(17-20(3)28(33)34-5-2)29-26(30)15-16-27(31)32/h7,9-14,18,20,25H,4-6,8,15-17,19H2,1-3H3,(H,29,30)(H,31,32)/p-1. The van der Waals surface area contributed by atoms with E-state index in [1.807, 2.05) is 12.1 Å². The molecule has 34 heavy (non-hydrogen) atoms. The zero-order chi connectivity index (χ0) is 24.9. The van der Waals surface area contributed by atoms with Crippen molar-refractivity contribution in [3.05, 3.63) is 59.7 Å². The minimum Gasteiger partial charge on any atom is -0.550 e. The number of benzene rings is 2. The number of ether oxygens (including phenoxy) is 1. The number of unbranched alkanes of at least 4 members (excludes halogenated alkanes) is 1. The van der Waals surface area contributed by atoms with Crippen LogP contribution in [0.3, 0.4) is 0 Å². The Morgan fingerprint density at radius 3 is 2.35 bits per heavy atom. The van der Waals surface area contributed by atoms with Crippen molar-refractivity contribution in [2.75, 3.05) is 6.61 Å². The number of hydrogen-bond acceptors (Lipinski definition) is 5. The van der Waals surface area contributed by atoms with Crippen LogP contribution in [0.15, 0.2) is 48.5 Å². The third-order valence-electron chi connectivity index (χ3n) is 5.76. The van der Waals surface area contributed by atoms with E-state index in [0.29, 0.717) is 19.4 Å². The van der Waals surface area contributed by atoms with Crippen molar-refractivity contribution in [2.24, 2.45) is 5.92 Å². The van der Waals surface area contributed by atoms with Gasteiger partial charge in [0, 0.05) is 18.4 Å². The van der Waals surface area contributed by atoms with Gasteiger partial charge in [0.05, 0.1) is 12.5 Å². The summed E-state index contributed by atoms with van der Waals surface area (Å²) in [6.45, 7) is 6.01. The number of rotatable bonds is 14. The average Bonchev–Trinajstić information content (AvgIpc) is 2.82. The average molecular weight is 467 g/mol. The van der Waals surface area contributed by atoms with Gasteiger partial charge in [0.25, 0.3) is 0 Å². The van der Waals surface area contributed by atoms with E-state index in [1.54, 1.807) is 13.8 Å². The molecule has 2 rings (SSSR count). The Kier molecular flexibility index (Phi) is 11.3. The highest BCUT2D eigenvalue weighted by Gasteiger charge is 2.22. The molecule has 0 saturated carbocycles. The summed E-state index contributed by atoms with van der Waals surface area (Å²) in [4.78, 5) is 35.0. The highest BCUT2D eigenvalue weighted by atomic mass is 16.5. The molecule has 2 atom stereocenters. The van der Waals surface area contributed by atoms with Crippen molar-refractivity contribution in [3.63, 3.8) is 0 Å². The molecular formula is C28H36NO5-. The summed E-state index contributed by atoms with van der Waals surface area (Å²) < 4.78 is 5.10. The molecule has 0 spiro atoms. The van der Waals surface area contributed by atoms with Gasteiger partial charge in [-0.3, -0.25) is 9.59 Å². The van der Waals surface area contributed by atoms with Crippen LogP contribution in [0.25, 0.3) is 11.1 Å². The molecular weight excluding hydrogens is 430 g/mol. The van der Waals surface area contributed by atoms with Gasteiger partial charge in [-0.25, -0.2) is 0 Å². The fraction of sp³-hybridized carbons (Fsp3) is 0.464. The maximum absolute atomic E-state index is 12.3. The Balaban J connectivity index is 2.10. The largest absolute Gasteiger partial charge is 0.550 e. The molecule has 1 amide bonds. The van der Waals surface area contributed by atoms with Gasteiger partial charge >= 0.3 is 5.97 Å². The zero-order valence-electron chi connectivity index (χ0n) is 20.5. The van der Waals surface area contributed by atoms with E-state index >= 15 is 0 Å². The molecule has 6 heteroatoms. The van der Waals surface area contributed by atoms with Crippen LogP contribution in [-0.2, 0) is 32.0 Å². The van der Waals surface area contributed by atoms with E-state index in [9.17, 15) is 19.5 Å². The minimum absolute atomic E-state index is 0.153. The lowest BCUT2D eigenvalue weighted by molar-refractivity contribution is -0.305. The van der Waals surface area contributed by atoms with E-state index in [2.05, 4.69) is 48.6 Å². The third-order valence-corrected chi connectivity index (χ3v) is 5.76. The predicted molar refractivity (Wildman–Crippen MR) is 131 cm³/mol. The SMILES string of the molecule is CCCCc1cccc(-c2ccc(CC(CC(C)C(=O)OCC)NC(=O)CCC(=O)[O-])cc2)c1. The normalized spacial score (nSPS) is 12.6. The van der Waals surface area contributed by atoms with Crippen LogP contribution in [0.4, 0.5) is 0 Å². The molecule has 0 aliphatic carbocycles. The van der Waals surface area contributed by atoms with Crippen LogP contribution in [-0.4, -0.2) is 30.5 Å². The highest BCUT2D eigenvalue weighted by Crippen LogP contribution is 2.23. The van der Waals surface area contributed by atoms with Crippen molar-refractivity contribution in [2.45, 2.75) is 71.8 Å². The second-order valence-electron chi connectivity index (χ2n) is 8.73. The van der Waals surface area contributed by atoms with Crippen molar-refractivity contribution < 1.29 is 24.2 Å². The van der Waals surface area contributed by atoms with E-state index < -0.39 is 11.9 Å². The smallest absolute Gasteiger partial charge is 0.308 e. The molecule has 0 heterocycles. The Morgan fingerprint density at radius 2 is 1.71 bits per heavy atom. The van der Waals surface area contributed by atoms with E-state index in [-0.39, 0.29) is 30.8 Å². The zero-order valence-corrected chi connectivity index (χ0v) is 20.5. The molecule has 0 bridgehead atoms. The van der Waals surface area contributed by atoms with Gasteiger partial charge in [-0.05, 0) is 61.3 Å². The first-order valence-electron chi connectivity index (χ1n) is 12.2. The number of esters is 1. The maximum atomic E-state index is 12.3. The number of hydrogen-bond donors (Lipinski definition) is 1. The van der Waals surface area contributed by atoms with Gasteiger partial charge in [0.1, 0.15) is 0 Å². The monoisotopic (exact) mass is 466 g/mol. The molecule has 0 radical (unpaired) electrons. The highest BCUT2D eigenvalue weighted by molar-refractivity contribution is 5.80. The Labute approximate surface area is 202 Å². The molecule has 2 aromatic carbocycles. The molecule has 2 aromatic rings. The van der Waals surface area contributed by atoms with Gasteiger partial charge in [-0.2, -0.15) is 0 Å². The van der Waals surface area contributed by atoms with Gasteiger partial charge in [0.15, 0.2) is 0 Å². The van der Waals surface area contributed by atoms with Crippen molar-refractivity contribution >= 4 is 17.8 Å². The molecule has 0 aromatic heterocycles. The Morgan fingerprint density at radius 1 is 0.971 bits per heavy atom. The summed E-state index contributed by atoms with van der Waals surface area (Å²) >= 11 is 0. The van der Waals surface area contributed by atoms with E-state index in [1.165, 1.54) is 24.0 Å². The van der Waals surface area contributed by atoms with Crippen LogP contribution >= 0.6 is 0 Å². The van der Waals surface area contributed by atoms with Crippen LogP contribution in [0.5, 0.6) is 0 Å². The second-order valence-corrected chi connectivity index (χ2v) is 8.73. The van der Waals surface area contributed by atoms with Crippen molar-refractivity contribution in [3.8, 4) is 11.1 Å². The number of nitrogens with one attached hydrogen (secondary N) is 1. The van der Waals surface area contributed by atoms with E-state index in [0.717, 1.165) is 17.5 Å². The molecule has 1 N–H and O–H groups in total. The summed E-state index contributed by atoms with van der Waals surface area (Å²) in [7, 11) is 0. The number of carboxylic acids is 1. The first kappa shape index (κ1) is 27.1. The number of carboxylic acid groups (broad SMARTS) is 1. The fourth-order valence-corrected chi connectivity index (χ4v) is 3.92. The van der Waals surface area contributed by atoms with Gasteiger partial charge in [-0.15, -0.1) is 0 Å². The number of carbonyl (C=O) groups excluding carboxylic acids is 3. The van der Waals surface area contributed by atoms with Crippen LogP contribution in [0, 0.1) is 5.92 Å². The number of amides is 1. The summed E-state index contributed by atoms with van der Waals surface area (Å²) in [5.41, 5.74) is 4.64.